The van der Waals surface area contributed by atoms with Gasteiger partial charge in [0.1, 0.15) is 24.0 Å². The topological polar surface area (TPSA) is 51.2 Å². The van der Waals surface area contributed by atoms with E-state index in [1.54, 1.807) is 12.4 Å². The lowest BCUT2D eigenvalue weighted by molar-refractivity contribution is -0.117. The molecular weight excluding hydrogens is 374 g/mol. The third-order valence-electron chi connectivity index (χ3n) is 4.27. The van der Waals surface area contributed by atoms with Gasteiger partial charge in [0, 0.05) is 29.6 Å². The van der Waals surface area contributed by atoms with Gasteiger partial charge in [0.2, 0.25) is 5.91 Å². The second-order valence-electron chi connectivity index (χ2n) is 6.42. The zero-order chi connectivity index (χ0) is 20.6. The minimum atomic E-state index is -0.719. The zero-order valence-electron chi connectivity index (χ0n) is 15.8. The average Bonchev–Trinajstić information content (AvgIpc) is 2.73. The molecule has 0 fully saturated rings. The van der Waals surface area contributed by atoms with E-state index in [0.29, 0.717) is 12.4 Å². The lowest BCUT2D eigenvalue weighted by atomic mass is 10.1. The van der Waals surface area contributed by atoms with E-state index in [-0.39, 0.29) is 11.6 Å². The van der Waals surface area contributed by atoms with Crippen molar-refractivity contribution in [2.45, 2.75) is 19.6 Å². The lowest BCUT2D eigenvalue weighted by Gasteiger charge is -2.14. The van der Waals surface area contributed by atoms with Gasteiger partial charge in [-0.2, -0.15) is 0 Å². The van der Waals surface area contributed by atoms with Crippen LogP contribution in [0.5, 0.6) is 5.75 Å². The average molecular weight is 394 g/mol. The zero-order valence-corrected chi connectivity index (χ0v) is 15.8. The Kier molecular flexibility index (Phi) is 6.68. The molecule has 0 aliphatic carbocycles. The second kappa shape index (κ2) is 9.59. The van der Waals surface area contributed by atoms with Gasteiger partial charge < -0.3 is 10.1 Å². The minimum absolute atomic E-state index is 0.245. The molecule has 0 saturated carbocycles. The standard InChI is InChI=1S/C23H20F2N2O2/c1-16(27-23(28)12-11-20-21(24)5-2-6-22(20)25)18-7-9-19(10-8-18)29-15-17-4-3-13-26-14-17/h2-14,16H,15H2,1H3,(H,27,28)/b12-11+. The number of pyridine rings is 1. The molecule has 3 aromatic rings. The number of ether oxygens (including phenoxy) is 1. The van der Waals surface area contributed by atoms with E-state index in [1.807, 2.05) is 43.3 Å². The normalized spacial score (nSPS) is 12.0. The Bertz CT molecular complexity index is 969. The molecule has 1 unspecified atom stereocenters. The molecule has 0 spiro atoms. The molecule has 148 valence electrons. The van der Waals surface area contributed by atoms with Crippen LogP contribution in [0.15, 0.2) is 73.1 Å². The van der Waals surface area contributed by atoms with Crippen LogP contribution >= 0.6 is 0 Å². The summed E-state index contributed by atoms with van der Waals surface area (Å²) in [4.78, 5) is 16.1. The number of nitrogens with one attached hydrogen (secondary N) is 1. The van der Waals surface area contributed by atoms with Crippen molar-refractivity contribution < 1.29 is 18.3 Å². The number of halogens is 2. The number of carbonyl (C=O) groups is 1. The molecule has 1 atom stereocenters. The van der Waals surface area contributed by atoms with Crippen molar-refractivity contribution in [3.63, 3.8) is 0 Å². The number of amides is 1. The number of nitrogens with zero attached hydrogens (tertiary/aromatic N) is 1. The van der Waals surface area contributed by atoms with Crippen molar-refractivity contribution >= 4 is 12.0 Å². The summed E-state index contributed by atoms with van der Waals surface area (Å²) in [5, 5.41) is 2.76. The molecule has 3 rings (SSSR count). The molecule has 1 amide bonds. The fourth-order valence-electron chi connectivity index (χ4n) is 2.68. The highest BCUT2D eigenvalue weighted by atomic mass is 19.1. The fraction of sp³-hybridized carbons (Fsp3) is 0.130. The molecule has 29 heavy (non-hydrogen) atoms. The molecular formula is C23H20F2N2O2. The summed E-state index contributed by atoms with van der Waals surface area (Å²) < 4.78 is 32.9. The van der Waals surface area contributed by atoms with Crippen molar-refractivity contribution in [2.24, 2.45) is 0 Å². The van der Waals surface area contributed by atoms with Gasteiger partial charge in [0.25, 0.3) is 0 Å². The van der Waals surface area contributed by atoms with Crippen molar-refractivity contribution in [1.82, 2.24) is 10.3 Å². The van der Waals surface area contributed by atoms with Crippen molar-refractivity contribution in [3.8, 4) is 5.75 Å². The van der Waals surface area contributed by atoms with E-state index >= 15 is 0 Å². The van der Waals surface area contributed by atoms with Gasteiger partial charge in [0.05, 0.1) is 6.04 Å². The maximum Gasteiger partial charge on any atom is 0.244 e. The molecule has 6 heteroatoms. The smallest absolute Gasteiger partial charge is 0.244 e. The molecule has 0 saturated heterocycles. The highest BCUT2D eigenvalue weighted by Gasteiger charge is 2.09. The first-order valence-electron chi connectivity index (χ1n) is 9.07. The van der Waals surface area contributed by atoms with Gasteiger partial charge in [-0.15, -0.1) is 0 Å². The van der Waals surface area contributed by atoms with E-state index in [0.717, 1.165) is 35.4 Å². The third-order valence-corrected chi connectivity index (χ3v) is 4.27. The minimum Gasteiger partial charge on any atom is -0.489 e. The van der Waals surface area contributed by atoms with Crippen LogP contribution < -0.4 is 10.1 Å². The SMILES string of the molecule is CC(NC(=O)/C=C/c1c(F)cccc1F)c1ccc(OCc2cccnc2)cc1. The van der Waals surface area contributed by atoms with Crippen LogP contribution in [0.4, 0.5) is 8.78 Å². The Morgan fingerprint density at radius 1 is 1.10 bits per heavy atom. The number of carbonyl (C=O) groups excluding carboxylic acids is 1. The molecule has 1 aromatic heterocycles. The van der Waals surface area contributed by atoms with E-state index in [4.69, 9.17) is 4.74 Å². The molecule has 1 heterocycles. The highest BCUT2D eigenvalue weighted by molar-refractivity contribution is 5.92. The van der Waals surface area contributed by atoms with Crippen LogP contribution in [0.25, 0.3) is 6.08 Å². The van der Waals surface area contributed by atoms with E-state index in [2.05, 4.69) is 10.3 Å². The Labute approximate surface area is 167 Å². The van der Waals surface area contributed by atoms with Gasteiger partial charge in [0.15, 0.2) is 0 Å². The fourth-order valence-corrected chi connectivity index (χ4v) is 2.68. The van der Waals surface area contributed by atoms with Crippen LogP contribution in [0.1, 0.15) is 29.7 Å². The summed E-state index contributed by atoms with van der Waals surface area (Å²) in [5.74, 6) is -1.18. The summed E-state index contributed by atoms with van der Waals surface area (Å²) in [6.45, 7) is 2.23. The lowest BCUT2D eigenvalue weighted by Crippen LogP contribution is -2.24. The third kappa shape index (κ3) is 5.72. The van der Waals surface area contributed by atoms with Gasteiger partial charge >= 0.3 is 0 Å². The predicted octanol–water partition coefficient (Wildman–Crippen LogP) is 4.83. The number of hydrogen-bond donors (Lipinski definition) is 1. The number of hydrogen-bond acceptors (Lipinski definition) is 3. The van der Waals surface area contributed by atoms with Crippen LogP contribution in [0.2, 0.25) is 0 Å². The Hall–Kier alpha value is -3.54. The largest absolute Gasteiger partial charge is 0.489 e. The summed E-state index contributed by atoms with van der Waals surface area (Å²) in [6, 6.07) is 14.4. The summed E-state index contributed by atoms with van der Waals surface area (Å²) >= 11 is 0. The van der Waals surface area contributed by atoms with Crippen molar-refractivity contribution in [3.05, 3.63) is 101 Å². The van der Waals surface area contributed by atoms with Gasteiger partial charge in [-0.25, -0.2) is 8.78 Å². The molecule has 4 nitrogen and oxygen atoms in total. The van der Waals surface area contributed by atoms with Crippen LogP contribution in [-0.4, -0.2) is 10.9 Å². The summed E-state index contributed by atoms with van der Waals surface area (Å²) in [7, 11) is 0. The van der Waals surface area contributed by atoms with Crippen LogP contribution in [-0.2, 0) is 11.4 Å². The molecule has 0 aliphatic heterocycles. The molecule has 2 aromatic carbocycles. The summed E-state index contributed by atoms with van der Waals surface area (Å²) in [5.41, 5.74) is 1.60. The van der Waals surface area contributed by atoms with Crippen LogP contribution in [0, 0.1) is 11.6 Å². The quantitative estimate of drug-likeness (QED) is 0.584. The van der Waals surface area contributed by atoms with E-state index in [9.17, 15) is 13.6 Å². The number of aromatic nitrogens is 1. The number of rotatable bonds is 7. The Balaban J connectivity index is 1.55. The van der Waals surface area contributed by atoms with E-state index < -0.39 is 17.5 Å². The maximum absolute atomic E-state index is 13.6. The van der Waals surface area contributed by atoms with Gasteiger partial charge in [-0.05, 0) is 48.9 Å². The maximum atomic E-state index is 13.6. The Morgan fingerprint density at radius 2 is 1.83 bits per heavy atom. The Morgan fingerprint density at radius 3 is 2.48 bits per heavy atom. The van der Waals surface area contributed by atoms with E-state index in [1.165, 1.54) is 6.07 Å². The monoisotopic (exact) mass is 394 g/mol. The molecule has 1 N–H and O–H groups in total. The second-order valence-corrected chi connectivity index (χ2v) is 6.42. The summed E-state index contributed by atoms with van der Waals surface area (Å²) in [6.07, 6.45) is 5.69. The first-order chi connectivity index (χ1) is 14.0. The first-order valence-corrected chi connectivity index (χ1v) is 9.07. The number of benzene rings is 2. The van der Waals surface area contributed by atoms with Gasteiger partial charge in [-0.3, -0.25) is 9.78 Å². The molecule has 0 aliphatic rings. The first kappa shape index (κ1) is 20.2. The van der Waals surface area contributed by atoms with Gasteiger partial charge in [-0.1, -0.05) is 24.3 Å². The molecule has 0 radical (unpaired) electrons. The van der Waals surface area contributed by atoms with Crippen molar-refractivity contribution in [2.75, 3.05) is 0 Å². The van der Waals surface area contributed by atoms with Crippen molar-refractivity contribution in [1.29, 1.82) is 0 Å². The predicted molar refractivity (Wildman–Crippen MR) is 107 cm³/mol. The highest BCUT2D eigenvalue weighted by Crippen LogP contribution is 2.19. The molecule has 0 bridgehead atoms. The van der Waals surface area contributed by atoms with Crippen LogP contribution in [0.3, 0.4) is 0 Å².